The molecular formula is C74H148N2O4. The van der Waals surface area contributed by atoms with Crippen LogP contribution >= 0.6 is 0 Å². The number of ether oxygens (including phenoxy) is 2. The summed E-state index contributed by atoms with van der Waals surface area (Å²) in [4.78, 5) is 31.7. The smallest absolute Gasteiger partial charge is 0.308 e. The molecule has 0 aromatic heterocycles. The minimum atomic E-state index is 0.103. The van der Waals surface area contributed by atoms with E-state index in [4.69, 9.17) is 9.47 Å². The minimum Gasteiger partial charge on any atom is -0.465 e. The summed E-state index contributed by atoms with van der Waals surface area (Å²) in [5.74, 6) is 0.436. The molecule has 0 radical (unpaired) electrons. The quantitative estimate of drug-likeness (QED) is 0.0447. The number of likely N-dealkylation sites (N-methyl/N-ethyl adjacent to an activating group) is 1. The first-order valence-corrected chi connectivity index (χ1v) is 37.1. The average molecular weight is 1130 g/mol. The third kappa shape index (κ3) is 60.0. The molecule has 0 saturated carbocycles. The lowest BCUT2D eigenvalue weighted by atomic mass is 9.94. The highest BCUT2D eigenvalue weighted by Gasteiger charge is 2.21. The Morgan fingerprint density at radius 1 is 0.250 bits per heavy atom. The molecule has 2 unspecified atom stereocenters. The van der Waals surface area contributed by atoms with Gasteiger partial charge in [0.1, 0.15) is 0 Å². The zero-order chi connectivity index (χ0) is 58.1. The van der Waals surface area contributed by atoms with Gasteiger partial charge in [0.05, 0.1) is 25.0 Å². The van der Waals surface area contributed by atoms with Gasteiger partial charge in [-0.15, -0.1) is 0 Å². The first kappa shape index (κ1) is 78.9. The topological polar surface area (TPSA) is 59.1 Å². The van der Waals surface area contributed by atoms with Crippen LogP contribution < -0.4 is 0 Å². The Kier molecular flexibility index (Phi) is 66.0. The largest absolute Gasteiger partial charge is 0.465 e. The van der Waals surface area contributed by atoms with E-state index in [2.05, 4.69) is 51.6 Å². The second kappa shape index (κ2) is 67.0. The number of carbonyl (C=O) groups excluding carboxylic acids is 2. The predicted octanol–water partition coefficient (Wildman–Crippen LogP) is 23.9. The molecule has 6 heteroatoms. The van der Waals surface area contributed by atoms with Crippen molar-refractivity contribution in [1.29, 1.82) is 0 Å². The summed E-state index contributed by atoms with van der Waals surface area (Å²) in [7, 11) is 4.40. The summed E-state index contributed by atoms with van der Waals surface area (Å²) in [5, 5.41) is 0. The fourth-order valence-electron chi connectivity index (χ4n) is 12.2. The fraction of sp³-hybridized carbons (Fsp3) is 0.973. The van der Waals surface area contributed by atoms with E-state index in [0.717, 1.165) is 45.1 Å². The van der Waals surface area contributed by atoms with Gasteiger partial charge in [-0.2, -0.15) is 0 Å². The lowest BCUT2D eigenvalue weighted by Gasteiger charge is -2.24. The van der Waals surface area contributed by atoms with Crippen molar-refractivity contribution in [3.63, 3.8) is 0 Å². The van der Waals surface area contributed by atoms with Crippen molar-refractivity contribution in [2.75, 3.05) is 53.5 Å². The number of hydrogen-bond acceptors (Lipinski definition) is 6. The van der Waals surface area contributed by atoms with Gasteiger partial charge in [0.15, 0.2) is 0 Å². The SMILES string of the molecule is CCCCCCCCCCCCCCCC(CCCCCCCCCCC)C(=O)OCCCCCCCCCN(CCCCCCCCCOC(=O)C(CCCCCCCCCC)CCCCCCCCCCCC)CCN(C)C. The minimum absolute atomic E-state index is 0.103. The highest BCUT2D eigenvalue weighted by molar-refractivity contribution is 5.72. The van der Waals surface area contributed by atoms with Crippen molar-refractivity contribution in [3.8, 4) is 0 Å². The molecule has 6 nitrogen and oxygen atoms in total. The maximum Gasteiger partial charge on any atom is 0.308 e. The predicted molar refractivity (Wildman–Crippen MR) is 354 cm³/mol. The molecule has 0 fully saturated rings. The summed E-state index contributed by atoms with van der Waals surface area (Å²) < 4.78 is 11.9. The summed E-state index contributed by atoms with van der Waals surface area (Å²) in [6.45, 7) is 15.2. The van der Waals surface area contributed by atoms with E-state index in [1.165, 1.54) is 354 Å². The van der Waals surface area contributed by atoms with Gasteiger partial charge in [-0.1, -0.05) is 349 Å². The van der Waals surface area contributed by atoms with E-state index >= 15 is 0 Å². The normalized spacial score (nSPS) is 12.6. The molecular weight excluding hydrogens is 981 g/mol. The van der Waals surface area contributed by atoms with Crippen LogP contribution in [-0.2, 0) is 19.1 Å². The van der Waals surface area contributed by atoms with Crippen LogP contribution in [0.25, 0.3) is 0 Å². The van der Waals surface area contributed by atoms with Crippen molar-refractivity contribution in [2.45, 2.75) is 400 Å². The van der Waals surface area contributed by atoms with Gasteiger partial charge >= 0.3 is 11.9 Å². The van der Waals surface area contributed by atoms with Crippen molar-refractivity contribution in [1.82, 2.24) is 9.80 Å². The van der Waals surface area contributed by atoms with Crippen LogP contribution in [0.1, 0.15) is 400 Å². The average Bonchev–Trinajstić information content (AvgIpc) is 3.45. The van der Waals surface area contributed by atoms with E-state index in [1.54, 1.807) is 0 Å². The summed E-state index contributed by atoms with van der Waals surface area (Å²) >= 11 is 0. The zero-order valence-corrected chi connectivity index (χ0v) is 55.9. The first-order chi connectivity index (χ1) is 39.4. The van der Waals surface area contributed by atoms with Crippen molar-refractivity contribution < 1.29 is 19.1 Å². The maximum atomic E-state index is 13.4. The highest BCUT2D eigenvalue weighted by Crippen LogP contribution is 2.24. The molecule has 0 spiro atoms. The Balaban J connectivity index is 4.39. The van der Waals surface area contributed by atoms with Crippen LogP contribution in [0.2, 0.25) is 0 Å². The Morgan fingerprint density at radius 2 is 0.450 bits per heavy atom. The Hall–Kier alpha value is -1.14. The van der Waals surface area contributed by atoms with Crippen LogP contribution in [0.4, 0.5) is 0 Å². The monoisotopic (exact) mass is 1130 g/mol. The van der Waals surface area contributed by atoms with Gasteiger partial charge < -0.3 is 19.3 Å². The third-order valence-electron chi connectivity index (χ3n) is 17.9. The number of nitrogens with zero attached hydrogens (tertiary/aromatic N) is 2. The molecule has 0 rings (SSSR count). The van der Waals surface area contributed by atoms with E-state index in [1.807, 2.05) is 0 Å². The van der Waals surface area contributed by atoms with E-state index in [0.29, 0.717) is 13.2 Å². The van der Waals surface area contributed by atoms with Crippen LogP contribution in [0.3, 0.4) is 0 Å². The maximum absolute atomic E-state index is 13.4. The second-order valence-electron chi connectivity index (χ2n) is 26.2. The van der Waals surface area contributed by atoms with E-state index < -0.39 is 0 Å². The Morgan fingerprint density at radius 3 is 0.675 bits per heavy atom. The van der Waals surface area contributed by atoms with Crippen LogP contribution in [0.15, 0.2) is 0 Å². The number of rotatable bonds is 69. The van der Waals surface area contributed by atoms with Gasteiger partial charge in [0, 0.05) is 13.1 Å². The van der Waals surface area contributed by atoms with Gasteiger partial charge in [-0.3, -0.25) is 9.59 Å². The number of carbonyl (C=O) groups is 2. The lowest BCUT2D eigenvalue weighted by molar-refractivity contribution is -0.150. The zero-order valence-electron chi connectivity index (χ0n) is 55.9. The molecule has 0 amide bonds. The van der Waals surface area contributed by atoms with Crippen molar-refractivity contribution in [3.05, 3.63) is 0 Å². The van der Waals surface area contributed by atoms with Crippen LogP contribution in [0, 0.1) is 11.8 Å². The van der Waals surface area contributed by atoms with Crippen molar-refractivity contribution in [2.24, 2.45) is 11.8 Å². The van der Waals surface area contributed by atoms with Gasteiger partial charge in [0.25, 0.3) is 0 Å². The molecule has 0 aromatic rings. The molecule has 2 atom stereocenters. The molecule has 0 heterocycles. The molecule has 478 valence electrons. The molecule has 0 saturated heterocycles. The molecule has 80 heavy (non-hydrogen) atoms. The van der Waals surface area contributed by atoms with Crippen LogP contribution in [0.5, 0.6) is 0 Å². The standard InChI is InChI=1S/C74H148N2O4/c1-7-11-15-19-23-27-29-30-31-34-40-48-56-64-72(62-54-46-38-32-25-21-17-13-9-3)74(78)80-70-60-52-44-36-42-50-58-66-76(68-67-75(5)6)65-57-49-41-35-43-51-59-69-79-73(77)71(61-53-45-37-26-22-18-14-10-4)63-55-47-39-33-28-24-20-16-12-8-2/h71-72H,7-70H2,1-6H3. The molecule has 0 aromatic carbocycles. The van der Waals surface area contributed by atoms with Crippen molar-refractivity contribution >= 4 is 11.9 Å². The second-order valence-corrected chi connectivity index (χ2v) is 26.2. The molecule has 0 bridgehead atoms. The first-order valence-electron chi connectivity index (χ1n) is 37.1. The fourth-order valence-corrected chi connectivity index (χ4v) is 12.2. The van der Waals surface area contributed by atoms with Crippen LogP contribution in [-0.4, -0.2) is 75.2 Å². The molecule has 0 aliphatic rings. The highest BCUT2D eigenvalue weighted by atomic mass is 16.5. The summed E-state index contributed by atoms with van der Waals surface area (Å²) in [6.07, 6.45) is 75.3. The molecule has 0 aliphatic heterocycles. The number of unbranched alkanes of at least 4 members (excludes halogenated alkanes) is 48. The molecule has 0 aliphatic carbocycles. The van der Waals surface area contributed by atoms with Gasteiger partial charge in [0.2, 0.25) is 0 Å². The lowest BCUT2D eigenvalue weighted by Crippen LogP contribution is -2.33. The van der Waals surface area contributed by atoms with E-state index in [9.17, 15) is 9.59 Å². The van der Waals surface area contributed by atoms with Gasteiger partial charge in [-0.05, 0) is 78.6 Å². The summed E-state index contributed by atoms with van der Waals surface area (Å²) in [5.41, 5.74) is 0. The summed E-state index contributed by atoms with van der Waals surface area (Å²) in [6, 6.07) is 0. The third-order valence-corrected chi connectivity index (χ3v) is 17.9. The number of hydrogen-bond donors (Lipinski definition) is 0. The molecule has 0 N–H and O–H groups in total. The van der Waals surface area contributed by atoms with E-state index in [-0.39, 0.29) is 23.8 Å². The Bertz CT molecular complexity index is 1190. The number of esters is 2. The Labute approximate surface area is 503 Å². The van der Waals surface area contributed by atoms with Gasteiger partial charge in [-0.25, -0.2) is 0 Å².